The molecule has 0 radical (unpaired) electrons. The van der Waals surface area contributed by atoms with Gasteiger partial charge in [0.05, 0.1) is 15.7 Å². The molecule has 0 atom stereocenters. The van der Waals surface area contributed by atoms with Crippen LogP contribution in [0.15, 0.2) is 52.9 Å². The molecule has 3 rings (SSSR count). The monoisotopic (exact) mass is 420 g/mol. The molecular weight excluding hydrogens is 407 g/mol. The lowest BCUT2D eigenvalue weighted by Crippen LogP contribution is -2.33. The van der Waals surface area contributed by atoms with E-state index in [-0.39, 0.29) is 16.6 Å². The summed E-state index contributed by atoms with van der Waals surface area (Å²) in [6.07, 6.45) is 0. The summed E-state index contributed by atoms with van der Waals surface area (Å²) in [5, 5.41) is 15.9. The lowest BCUT2D eigenvalue weighted by Gasteiger charge is -2.10. The summed E-state index contributed by atoms with van der Waals surface area (Å²) in [5.74, 6) is -0.0491. The Labute approximate surface area is 170 Å². The van der Waals surface area contributed by atoms with Crippen LogP contribution in [0.25, 0.3) is 11.3 Å². The molecule has 3 N–H and O–H groups in total. The Hall–Kier alpha value is -2.54. The van der Waals surface area contributed by atoms with Gasteiger partial charge in [-0.25, -0.2) is 0 Å². The fourth-order valence-electron chi connectivity index (χ4n) is 2.36. The zero-order valence-electron chi connectivity index (χ0n) is 14.0. The minimum atomic E-state index is -0.538. The first kappa shape index (κ1) is 19.2. The van der Waals surface area contributed by atoms with E-state index in [9.17, 15) is 9.90 Å². The van der Waals surface area contributed by atoms with Gasteiger partial charge in [0, 0.05) is 5.56 Å². The molecule has 0 bridgehead atoms. The average molecular weight is 421 g/mol. The largest absolute Gasteiger partial charge is 0.506 e. The molecule has 0 saturated carbocycles. The summed E-state index contributed by atoms with van der Waals surface area (Å²) in [5.41, 5.74) is 1.86. The maximum absolute atomic E-state index is 12.3. The van der Waals surface area contributed by atoms with Crippen LogP contribution in [0.5, 0.6) is 5.75 Å². The number of phenols is 1. The van der Waals surface area contributed by atoms with E-state index in [0.717, 1.165) is 5.56 Å². The Balaban J connectivity index is 1.70. The van der Waals surface area contributed by atoms with Gasteiger partial charge in [-0.3, -0.25) is 10.1 Å². The molecule has 5 nitrogen and oxygen atoms in total. The van der Waals surface area contributed by atoms with Crippen molar-refractivity contribution >= 4 is 52.1 Å². The van der Waals surface area contributed by atoms with E-state index in [2.05, 4.69) is 10.6 Å². The Morgan fingerprint density at radius 2 is 1.93 bits per heavy atom. The van der Waals surface area contributed by atoms with Crippen LogP contribution in [0.3, 0.4) is 0 Å². The van der Waals surface area contributed by atoms with Crippen molar-refractivity contribution in [2.24, 2.45) is 0 Å². The van der Waals surface area contributed by atoms with Crippen molar-refractivity contribution in [1.82, 2.24) is 5.32 Å². The van der Waals surface area contributed by atoms with Crippen molar-refractivity contribution in [3.63, 3.8) is 0 Å². The van der Waals surface area contributed by atoms with Gasteiger partial charge in [-0.2, -0.15) is 0 Å². The van der Waals surface area contributed by atoms with Crippen LogP contribution in [0.1, 0.15) is 16.1 Å². The molecule has 0 aliphatic rings. The van der Waals surface area contributed by atoms with Gasteiger partial charge in [-0.1, -0.05) is 35.3 Å². The zero-order valence-corrected chi connectivity index (χ0v) is 16.4. The number of halogens is 2. The lowest BCUT2D eigenvalue weighted by atomic mass is 10.2. The second-order valence-electron chi connectivity index (χ2n) is 5.69. The molecule has 0 saturated heterocycles. The Morgan fingerprint density at radius 1 is 1.15 bits per heavy atom. The van der Waals surface area contributed by atoms with Crippen molar-refractivity contribution in [3.8, 4) is 17.1 Å². The summed E-state index contributed by atoms with van der Waals surface area (Å²) >= 11 is 17.3. The lowest BCUT2D eigenvalue weighted by molar-refractivity contribution is 0.0951. The van der Waals surface area contributed by atoms with Gasteiger partial charge in [0.15, 0.2) is 10.9 Å². The quantitative estimate of drug-likeness (QED) is 0.390. The van der Waals surface area contributed by atoms with Crippen LogP contribution in [0, 0.1) is 6.92 Å². The maximum atomic E-state index is 12.3. The molecule has 0 aliphatic heterocycles. The minimum absolute atomic E-state index is 0.0258. The number of phenolic OH excluding ortho intramolecular Hbond substituents is 1. The number of anilines is 1. The molecule has 8 heteroatoms. The van der Waals surface area contributed by atoms with Crippen LogP contribution in [0.4, 0.5) is 5.69 Å². The number of rotatable bonds is 3. The highest BCUT2D eigenvalue weighted by Crippen LogP contribution is 2.34. The van der Waals surface area contributed by atoms with E-state index >= 15 is 0 Å². The highest BCUT2D eigenvalue weighted by Gasteiger charge is 2.16. The number of aromatic hydroxyl groups is 1. The predicted molar refractivity (Wildman–Crippen MR) is 111 cm³/mol. The predicted octanol–water partition coefficient (Wildman–Crippen LogP) is 5.39. The number of benzene rings is 2. The molecule has 2 aromatic carbocycles. The van der Waals surface area contributed by atoms with E-state index in [1.807, 2.05) is 6.92 Å². The van der Waals surface area contributed by atoms with Crippen molar-refractivity contribution in [1.29, 1.82) is 0 Å². The van der Waals surface area contributed by atoms with Gasteiger partial charge in [-0.15, -0.1) is 0 Å². The number of furan rings is 1. The first-order valence-electron chi connectivity index (χ1n) is 7.81. The Morgan fingerprint density at radius 3 is 2.67 bits per heavy atom. The molecule has 1 aromatic heterocycles. The summed E-state index contributed by atoms with van der Waals surface area (Å²) in [6.45, 7) is 1.85. The van der Waals surface area contributed by atoms with Gasteiger partial charge in [0.25, 0.3) is 5.91 Å². The van der Waals surface area contributed by atoms with Crippen molar-refractivity contribution in [2.75, 3.05) is 5.32 Å². The topological polar surface area (TPSA) is 74.5 Å². The van der Waals surface area contributed by atoms with Crippen LogP contribution in [-0.2, 0) is 0 Å². The summed E-state index contributed by atoms with van der Waals surface area (Å²) in [6, 6.07) is 13.3. The molecule has 27 heavy (non-hydrogen) atoms. The van der Waals surface area contributed by atoms with Gasteiger partial charge in [0.1, 0.15) is 11.5 Å². The number of nitrogens with one attached hydrogen (secondary N) is 2. The van der Waals surface area contributed by atoms with E-state index < -0.39 is 5.91 Å². The molecule has 0 aliphatic carbocycles. The third kappa shape index (κ3) is 4.42. The molecular formula is C19H14Cl2N2O3S. The summed E-state index contributed by atoms with van der Waals surface area (Å²) in [7, 11) is 0. The molecule has 138 valence electrons. The standard InChI is InChI=1S/C19H14Cl2N2O3S/c1-10-5-6-13(14(24)9-10)22-19(27)23-18(25)16-8-7-15(26-16)11-3-2-4-12(20)17(11)21/h2-9,24H,1H3,(H2,22,23,25,27). The van der Waals surface area contributed by atoms with E-state index in [1.165, 1.54) is 6.07 Å². The second-order valence-corrected chi connectivity index (χ2v) is 6.89. The summed E-state index contributed by atoms with van der Waals surface area (Å²) < 4.78 is 5.57. The molecule has 0 fully saturated rings. The first-order chi connectivity index (χ1) is 12.8. The number of amides is 1. The maximum Gasteiger partial charge on any atom is 0.293 e. The van der Waals surface area contributed by atoms with Crippen molar-refractivity contribution in [3.05, 3.63) is 69.9 Å². The fraction of sp³-hybridized carbons (Fsp3) is 0.0526. The average Bonchev–Trinajstić information content (AvgIpc) is 3.10. The molecule has 0 unspecified atom stereocenters. The number of thiocarbonyl (C=S) groups is 1. The molecule has 3 aromatic rings. The minimum Gasteiger partial charge on any atom is -0.506 e. The number of aryl methyl sites for hydroxylation is 1. The fourth-order valence-corrected chi connectivity index (χ4v) is 2.96. The van der Waals surface area contributed by atoms with Crippen molar-refractivity contribution < 1.29 is 14.3 Å². The van der Waals surface area contributed by atoms with E-state index in [4.69, 9.17) is 39.8 Å². The van der Waals surface area contributed by atoms with Gasteiger partial charge in [-0.05, 0) is 61.1 Å². The summed E-state index contributed by atoms with van der Waals surface area (Å²) in [4.78, 5) is 12.3. The number of carbonyl (C=O) groups excluding carboxylic acids is 1. The Bertz CT molecular complexity index is 1030. The normalized spacial score (nSPS) is 10.5. The smallest absolute Gasteiger partial charge is 0.293 e. The zero-order chi connectivity index (χ0) is 19.6. The van der Waals surface area contributed by atoms with E-state index in [1.54, 1.807) is 42.5 Å². The van der Waals surface area contributed by atoms with Crippen LogP contribution in [0.2, 0.25) is 10.0 Å². The molecule has 1 amide bonds. The first-order valence-corrected chi connectivity index (χ1v) is 8.97. The van der Waals surface area contributed by atoms with Gasteiger partial charge in [0.2, 0.25) is 0 Å². The Kier molecular flexibility index (Phi) is 5.70. The van der Waals surface area contributed by atoms with E-state index in [0.29, 0.717) is 27.1 Å². The van der Waals surface area contributed by atoms with Gasteiger partial charge < -0.3 is 14.8 Å². The molecule has 1 heterocycles. The number of hydrogen-bond donors (Lipinski definition) is 3. The SMILES string of the molecule is Cc1ccc(NC(=S)NC(=O)c2ccc(-c3cccc(Cl)c3Cl)o2)c(O)c1. The van der Waals surface area contributed by atoms with Crippen molar-refractivity contribution in [2.45, 2.75) is 6.92 Å². The van der Waals surface area contributed by atoms with Crippen LogP contribution >= 0.6 is 35.4 Å². The number of carbonyl (C=O) groups is 1. The highest BCUT2D eigenvalue weighted by molar-refractivity contribution is 7.80. The van der Waals surface area contributed by atoms with Crippen LogP contribution in [-0.4, -0.2) is 16.1 Å². The third-order valence-corrected chi connectivity index (χ3v) is 4.70. The van der Waals surface area contributed by atoms with Crippen LogP contribution < -0.4 is 10.6 Å². The van der Waals surface area contributed by atoms with Gasteiger partial charge >= 0.3 is 0 Å². The second kappa shape index (κ2) is 8.00. The highest BCUT2D eigenvalue weighted by atomic mass is 35.5. The molecule has 0 spiro atoms. The third-order valence-electron chi connectivity index (χ3n) is 3.68. The number of hydrogen-bond acceptors (Lipinski definition) is 4.